The molecule has 0 bridgehead atoms. The maximum atomic E-state index is 13.0. The zero-order valence-electron chi connectivity index (χ0n) is 21.2. The number of hydrazone groups is 1. The van der Waals surface area contributed by atoms with Gasteiger partial charge < -0.3 is 10.2 Å². The number of carbonyl (C=O) groups excluding carboxylic acids is 2. The van der Waals surface area contributed by atoms with E-state index in [4.69, 9.17) is 0 Å². The molecule has 0 saturated carbocycles. The summed E-state index contributed by atoms with van der Waals surface area (Å²) in [6.45, 7) is 5.72. The summed E-state index contributed by atoms with van der Waals surface area (Å²) in [6, 6.07) is 18.1. The van der Waals surface area contributed by atoms with Crippen molar-refractivity contribution in [3.8, 4) is 0 Å². The maximum absolute atomic E-state index is 13.0. The fourth-order valence-corrected chi connectivity index (χ4v) is 3.61. The number of hydrogen-bond donors (Lipinski definition) is 2. The second-order valence-electron chi connectivity index (χ2n) is 8.09. The van der Waals surface area contributed by atoms with E-state index in [0.29, 0.717) is 5.56 Å². The first-order valence-corrected chi connectivity index (χ1v) is 11.9. The lowest BCUT2D eigenvalue weighted by molar-refractivity contribution is -0.385. The lowest BCUT2D eigenvalue weighted by atomic mass is 10.1. The predicted octanol–water partition coefficient (Wildman–Crippen LogP) is 4.27. The third-order valence-corrected chi connectivity index (χ3v) is 5.67. The number of hydrogen-bond acceptors (Lipinski definition) is 8. The standard InChI is InChI=1S/C27H26N6O6/c1-3-31(4-2)22-13-9-19(10-14-22)17-24(29-26(34)20-11-15-23(16-12-20)32(36)37)27(35)30-28-18-21-7-5-6-8-25(21)33(38)39/h5-18H,3-4H2,1-2H3,(H,29,34)(H,30,35)/b24-17+,28-18-. The van der Waals surface area contributed by atoms with Crippen molar-refractivity contribution in [2.75, 3.05) is 18.0 Å². The molecule has 0 spiro atoms. The van der Waals surface area contributed by atoms with Gasteiger partial charge in [0.25, 0.3) is 23.2 Å². The van der Waals surface area contributed by atoms with E-state index in [-0.39, 0.29) is 28.2 Å². The number of non-ortho nitro benzene ring substituents is 1. The van der Waals surface area contributed by atoms with Gasteiger partial charge in [0.1, 0.15) is 5.70 Å². The molecule has 12 heteroatoms. The fraction of sp³-hybridized carbons (Fsp3) is 0.148. The van der Waals surface area contributed by atoms with Crippen molar-refractivity contribution in [3.63, 3.8) is 0 Å². The molecule has 3 rings (SSSR count). The third kappa shape index (κ3) is 7.55. The molecule has 12 nitrogen and oxygen atoms in total. The third-order valence-electron chi connectivity index (χ3n) is 5.67. The highest BCUT2D eigenvalue weighted by atomic mass is 16.6. The Morgan fingerprint density at radius 2 is 1.54 bits per heavy atom. The summed E-state index contributed by atoms with van der Waals surface area (Å²) in [5.41, 5.74) is 3.62. The van der Waals surface area contributed by atoms with Crippen molar-refractivity contribution in [2.24, 2.45) is 5.10 Å². The van der Waals surface area contributed by atoms with Crippen LogP contribution in [0, 0.1) is 20.2 Å². The van der Waals surface area contributed by atoms with Crippen molar-refractivity contribution in [3.05, 3.63) is 115 Å². The van der Waals surface area contributed by atoms with Crippen LogP contribution in [0.2, 0.25) is 0 Å². The first-order valence-electron chi connectivity index (χ1n) is 11.9. The van der Waals surface area contributed by atoms with Crippen LogP contribution in [0.5, 0.6) is 0 Å². The molecule has 2 amide bonds. The highest BCUT2D eigenvalue weighted by Crippen LogP contribution is 2.18. The average Bonchev–Trinajstić information content (AvgIpc) is 2.94. The number of nitro benzene ring substituents is 2. The Kier molecular flexibility index (Phi) is 9.57. The number of nitrogens with zero attached hydrogens (tertiary/aromatic N) is 4. The SMILES string of the molecule is CCN(CC)c1ccc(/C=C(/NC(=O)c2ccc([N+](=O)[O-])cc2)C(=O)N/N=C\c2ccccc2[N+](=O)[O-])cc1. The van der Waals surface area contributed by atoms with Crippen molar-refractivity contribution < 1.29 is 19.4 Å². The van der Waals surface area contributed by atoms with Gasteiger partial charge in [-0.15, -0.1) is 0 Å². The molecular formula is C27H26N6O6. The zero-order chi connectivity index (χ0) is 28.4. The molecule has 39 heavy (non-hydrogen) atoms. The molecule has 0 aliphatic carbocycles. The Morgan fingerprint density at radius 1 is 0.897 bits per heavy atom. The Labute approximate surface area is 223 Å². The van der Waals surface area contributed by atoms with Gasteiger partial charge in [0.15, 0.2) is 0 Å². The number of benzene rings is 3. The molecule has 0 atom stereocenters. The van der Waals surface area contributed by atoms with Crippen molar-refractivity contribution in [1.82, 2.24) is 10.7 Å². The largest absolute Gasteiger partial charge is 0.372 e. The van der Waals surface area contributed by atoms with Gasteiger partial charge in [-0.05, 0) is 55.8 Å². The quantitative estimate of drug-likeness (QED) is 0.162. The molecule has 3 aromatic carbocycles. The van der Waals surface area contributed by atoms with E-state index in [1.807, 2.05) is 26.0 Å². The summed E-state index contributed by atoms with van der Waals surface area (Å²) in [5.74, 6) is -1.46. The van der Waals surface area contributed by atoms with E-state index in [1.165, 1.54) is 48.5 Å². The van der Waals surface area contributed by atoms with Gasteiger partial charge in [-0.1, -0.05) is 24.3 Å². The van der Waals surface area contributed by atoms with Crippen LogP contribution in [-0.2, 0) is 4.79 Å². The van der Waals surface area contributed by atoms with E-state index in [0.717, 1.165) is 25.0 Å². The average molecular weight is 531 g/mol. The van der Waals surface area contributed by atoms with Crippen LogP contribution >= 0.6 is 0 Å². The number of amides is 2. The first-order chi connectivity index (χ1) is 18.7. The van der Waals surface area contributed by atoms with Crippen molar-refractivity contribution in [2.45, 2.75) is 13.8 Å². The summed E-state index contributed by atoms with van der Waals surface area (Å²) in [4.78, 5) is 48.9. The van der Waals surface area contributed by atoms with Crippen LogP contribution in [0.25, 0.3) is 6.08 Å². The molecule has 0 aliphatic heterocycles. The highest BCUT2D eigenvalue weighted by Gasteiger charge is 2.16. The predicted molar refractivity (Wildman–Crippen MR) is 147 cm³/mol. The molecule has 0 radical (unpaired) electrons. The van der Waals surface area contributed by atoms with E-state index < -0.39 is 21.7 Å². The highest BCUT2D eigenvalue weighted by molar-refractivity contribution is 6.05. The summed E-state index contributed by atoms with van der Waals surface area (Å²) in [7, 11) is 0. The molecule has 2 N–H and O–H groups in total. The summed E-state index contributed by atoms with van der Waals surface area (Å²) in [5, 5.41) is 28.4. The Balaban J connectivity index is 1.87. The molecule has 0 unspecified atom stereocenters. The molecule has 200 valence electrons. The van der Waals surface area contributed by atoms with Gasteiger partial charge in [-0.2, -0.15) is 5.10 Å². The minimum absolute atomic E-state index is 0.0968. The van der Waals surface area contributed by atoms with Gasteiger partial charge in [0.05, 0.1) is 21.6 Å². The number of carbonyl (C=O) groups is 2. The first kappa shape index (κ1) is 28.2. The normalized spacial score (nSPS) is 11.2. The van der Waals surface area contributed by atoms with Crippen LogP contribution in [0.1, 0.15) is 35.3 Å². The molecular weight excluding hydrogens is 504 g/mol. The number of anilines is 1. The smallest absolute Gasteiger partial charge is 0.287 e. The van der Waals surface area contributed by atoms with Crippen LogP contribution in [0.3, 0.4) is 0 Å². The summed E-state index contributed by atoms with van der Waals surface area (Å²) < 4.78 is 0. The van der Waals surface area contributed by atoms with Gasteiger partial charge >= 0.3 is 0 Å². The fourth-order valence-electron chi connectivity index (χ4n) is 3.61. The van der Waals surface area contributed by atoms with Gasteiger partial charge in [-0.3, -0.25) is 29.8 Å². The number of para-hydroxylation sites is 1. The minimum atomic E-state index is -0.784. The molecule has 0 fully saturated rings. The van der Waals surface area contributed by atoms with E-state index in [9.17, 15) is 29.8 Å². The summed E-state index contributed by atoms with van der Waals surface area (Å²) >= 11 is 0. The van der Waals surface area contributed by atoms with Crippen LogP contribution in [-0.4, -0.2) is 41.0 Å². The number of nitro groups is 2. The van der Waals surface area contributed by atoms with Gasteiger partial charge in [-0.25, -0.2) is 5.43 Å². The molecule has 0 saturated heterocycles. The van der Waals surface area contributed by atoms with Crippen LogP contribution in [0.15, 0.2) is 83.6 Å². The lowest BCUT2D eigenvalue weighted by Gasteiger charge is -2.20. The Hall–Kier alpha value is -5.39. The summed E-state index contributed by atoms with van der Waals surface area (Å²) in [6.07, 6.45) is 2.58. The van der Waals surface area contributed by atoms with E-state index >= 15 is 0 Å². The van der Waals surface area contributed by atoms with E-state index in [2.05, 4.69) is 20.7 Å². The van der Waals surface area contributed by atoms with Crippen LogP contribution in [0.4, 0.5) is 17.1 Å². The Bertz CT molecular complexity index is 1410. The second kappa shape index (κ2) is 13.2. The van der Waals surface area contributed by atoms with Crippen molar-refractivity contribution >= 4 is 41.2 Å². The Morgan fingerprint density at radius 3 is 2.13 bits per heavy atom. The number of rotatable bonds is 11. The number of nitrogens with one attached hydrogen (secondary N) is 2. The van der Waals surface area contributed by atoms with Crippen molar-refractivity contribution in [1.29, 1.82) is 0 Å². The maximum Gasteiger partial charge on any atom is 0.287 e. The molecule has 0 heterocycles. The minimum Gasteiger partial charge on any atom is -0.372 e. The monoisotopic (exact) mass is 530 g/mol. The van der Waals surface area contributed by atoms with Gasteiger partial charge in [0, 0.05) is 42.5 Å². The van der Waals surface area contributed by atoms with Crippen LogP contribution < -0.4 is 15.6 Å². The lowest BCUT2D eigenvalue weighted by Crippen LogP contribution is -2.32. The topological polar surface area (TPSA) is 160 Å². The van der Waals surface area contributed by atoms with E-state index in [1.54, 1.807) is 18.2 Å². The molecule has 0 aromatic heterocycles. The molecule has 0 aliphatic rings. The zero-order valence-corrected chi connectivity index (χ0v) is 21.2. The van der Waals surface area contributed by atoms with Gasteiger partial charge in [0.2, 0.25) is 0 Å². The molecule has 3 aromatic rings. The second-order valence-corrected chi connectivity index (χ2v) is 8.09.